The monoisotopic (exact) mass is 492 g/mol. The molecule has 8 heteroatoms. The maximum Gasteiger partial charge on any atom is 0.338 e. The molecule has 0 aliphatic carbocycles. The number of carbonyl (C=O) groups excluding carboxylic acids is 4. The highest BCUT2D eigenvalue weighted by atomic mass is 16.5. The fraction of sp³-hybridized carbons (Fsp3) is 0.429. The van der Waals surface area contributed by atoms with Crippen molar-refractivity contribution in [2.75, 3.05) is 31.2 Å². The number of nitrogens with zero attached hydrogens (tertiary/aromatic N) is 2. The minimum absolute atomic E-state index is 0.162. The third-order valence-electron chi connectivity index (χ3n) is 6.64. The Labute approximate surface area is 211 Å². The molecule has 2 aliphatic heterocycles. The van der Waals surface area contributed by atoms with E-state index in [1.807, 2.05) is 6.92 Å². The summed E-state index contributed by atoms with van der Waals surface area (Å²) in [7, 11) is 0. The van der Waals surface area contributed by atoms with Crippen LogP contribution in [0, 0.1) is 11.8 Å². The van der Waals surface area contributed by atoms with Crippen LogP contribution in [0.1, 0.15) is 54.3 Å². The van der Waals surface area contributed by atoms with E-state index >= 15 is 0 Å². The third kappa shape index (κ3) is 5.65. The Hall–Kier alpha value is -3.52. The van der Waals surface area contributed by atoms with Crippen LogP contribution in [0.3, 0.4) is 0 Å². The Kier molecular flexibility index (Phi) is 7.84. The van der Waals surface area contributed by atoms with Crippen LogP contribution >= 0.6 is 0 Å². The van der Waals surface area contributed by atoms with E-state index in [-0.39, 0.29) is 29.6 Å². The van der Waals surface area contributed by atoms with Crippen molar-refractivity contribution in [3.63, 3.8) is 0 Å². The van der Waals surface area contributed by atoms with Crippen molar-refractivity contribution in [1.29, 1.82) is 0 Å². The van der Waals surface area contributed by atoms with Gasteiger partial charge in [0.1, 0.15) is 5.75 Å². The van der Waals surface area contributed by atoms with Gasteiger partial charge in [-0.2, -0.15) is 0 Å². The standard InChI is InChI=1S/C28H32N2O6/c1-4-35-23-11-7-20(8-12-23)25(31)17-36-28(34)21-5-9-22(10-6-21)30-26(32)14-24(27(30)33)29-15-18(2)13-19(3)16-29/h5-12,18-19,24H,4,13-17H2,1-3H3. The van der Waals surface area contributed by atoms with Crippen LogP contribution in [-0.2, 0) is 14.3 Å². The fourth-order valence-electron chi connectivity index (χ4n) is 5.09. The van der Waals surface area contributed by atoms with E-state index in [1.165, 1.54) is 17.0 Å². The lowest BCUT2D eigenvalue weighted by molar-refractivity contribution is -0.123. The Morgan fingerprint density at radius 1 is 0.917 bits per heavy atom. The van der Waals surface area contributed by atoms with Crippen LogP contribution in [-0.4, -0.2) is 60.8 Å². The summed E-state index contributed by atoms with van der Waals surface area (Å²) in [6.07, 6.45) is 1.29. The third-order valence-corrected chi connectivity index (χ3v) is 6.64. The van der Waals surface area contributed by atoms with Gasteiger partial charge in [0, 0.05) is 18.7 Å². The molecule has 2 heterocycles. The summed E-state index contributed by atoms with van der Waals surface area (Å²) in [6, 6.07) is 12.3. The molecular formula is C28H32N2O6. The second-order valence-electron chi connectivity index (χ2n) is 9.69. The van der Waals surface area contributed by atoms with Crippen LogP contribution in [0.4, 0.5) is 5.69 Å². The number of imide groups is 1. The topological polar surface area (TPSA) is 93.2 Å². The van der Waals surface area contributed by atoms with E-state index in [2.05, 4.69) is 18.7 Å². The lowest BCUT2D eigenvalue weighted by atomic mass is 9.90. The Morgan fingerprint density at radius 3 is 2.14 bits per heavy atom. The maximum atomic E-state index is 13.1. The number of likely N-dealkylation sites (tertiary alicyclic amines) is 1. The summed E-state index contributed by atoms with van der Waals surface area (Å²) >= 11 is 0. The van der Waals surface area contributed by atoms with Crippen LogP contribution in [0.5, 0.6) is 5.75 Å². The van der Waals surface area contributed by atoms with Gasteiger partial charge in [-0.1, -0.05) is 13.8 Å². The van der Waals surface area contributed by atoms with E-state index in [1.54, 1.807) is 36.4 Å². The zero-order valence-electron chi connectivity index (χ0n) is 20.9. The van der Waals surface area contributed by atoms with Gasteiger partial charge in [0.05, 0.1) is 30.3 Å². The average Bonchev–Trinajstić information content (AvgIpc) is 3.16. The maximum absolute atomic E-state index is 13.1. The number of benzene rings is 2. The largest absolute Gasteiger partial charge is 0.494 e. The fourth-order valence-corrected chi connectivity index (χ4v) is 5.09. The number of Topliss-reactive ketones (excluding diaryl/α,β-unsaturated/α-hetero) is 1. The normalized spacial score (nSPS) is 22.5. The number of esters is 1. The molecular weight excluding hydrogens is 460 g/mol. The van der Waals surface area contributed by atoms with E-state index < -0.39 is 18.6 Å². The number of anilines is 1. The Bertz CT molecular complexity index is 1120. The lowest BCUT2D eigenvalue weighted by Crippen LogP contribution is -2.48. The number of hydrogen-bond donors (Lipinski definition) is 0. The molecule has 0 radical (unpaired) electrons. The van der Waals surface area contributed by atoms with Gasteiger partial charge in [-0.15, -0.1) is 0 Å². The minimum atomic E-state index is -0.658. The molecule has 0 aromatic heterocycles. The van der Waals surface area contributed by atoms with E-state index in [0.29, 0.717) is 35.4 Å². The predicted molar refractivity (Wildman–Crippen MR) is 134 cm³/mol. The number of rotatable bonds is 8. The molecule has 0 spiro atoms. The number of hydrogen-bond acceptors (Lipinski definition) is 7. The number of ketones is 1. The second-order valence-corrected chi connectivity index (χ2v) is 9.69. The number of carbonyl (C=O) groups is 4. The van der Waals surface area contributed by atoms with Crippen LogP contribution in [0.15, 0.2) is 48.5 Å². The van der Waals surface area contributed by atoms with Crippen molar-refractivity contribution >= 4 is 29.3 Å². The second kappa shape index (κ2) is 11.0. The van der Waals surface area contributed by atoms with Gasteiger partial charge >= 0.3 is 5.97 Å². The number of amides is 2. The predicted octanol–water partition coefficient (Wildman–Crippen LogP) is 3.73. The minimum Gasteiger partial charge on any atom is -0.494 e. The zero-order chi connectivity index (χ0) is 25.8. The summed E-state index contributed by atoms with van der Waals surface area (Å²) in [5.74, 6) is 0.171. The van der Waals surface area contributed by atoms with Gasteiger partial charge in [0.15, 0.2) is 12.4 Å². The van der Waals surface area contributed by atoms with Crippen LogP contribution in [0.2, 0.25) is 0 Å². The number of ether oxygens (including phenoxy) is 2. The summed E-state index contributed by atoms with van der Waals surface area (Å²) < 4.78 is 10.5. The molecule has 0 saturated carbocycles. The lowest BCUT2D eigenvalue weighted by Gasteiger charge is -2.37. The van der Waals surface area contributed by atoms with E-state index in [9.17, 15) is 19.2 Å². The molecule has 0 N–H and O–H groups in total. The van der Waals surface area contributed by atoms with Gasteiger partial charge in [0.25, 0.3) is 5.91 Å². The molecule has 190 valence electrons. The molecule has 36 heavy (non-hydrogen) atoms. The molecule has 8 nitrogen and oxygen atoms in total. The van der Waals surface area contributed by atoms with E-state index in [4.69, 9.17) is 9.47 Å². The molecule has 2 saturated heterocycles. The molecule has 2 aromatic rings. The van der Waals surface area contributed by atoms with Gasteiger partial charge in [-0.25, -0.2) is 9.69 Å². The van der Waals surface area contributed by atoms with Crippen molar-refractivity contribution in [3.05, 3.63) is 59.7 Å². The van der Waals surface area contributed by atoms with Gasteiger partial charge in [-0.3, -0.25) is 19.3 Å². The molecule has 3 unspecified atom stereocenters. The quantitative estimate of drug-likeness (QED) is 0.315. The van der Waals surface area contributed by atoms with Crippen molar-refractivity contribution in [1.82, 2.24) is 4.90 Å². The first-order valence-corrected chi connectivity index (χ1v) is 12.4. The summed E-state index contributed by atoms with van der Waals surface area (Å²) in [6.45, 7) is 7.97. The Balaban J connectivity index is 1.35. The molecule has 2 aromatic carbocycles. The molecule has 4 rings (SSSR count). The summed E-state index contributed by atoms with van der Waals surface area (Å²) in [5.41, 5.74) is 1.07. The molecule has 2 fully saturated rings. The highest BCUT2D eigenvalue weighted by Gasteiger charge is 2.44. The summed E-state index contributed by atoms with van der Waals surface area (Å²) in [5, 5.41) is 0. The first-order valence-electron chi connectivity index (χ1n) is 12.4. The van der Waals surface area contributed by atoms with Crippen molar-refractivity contribution in [2.45, 2.75) is 39.7 Å². The first kappa shape index (κ1) is 25.6. The first-order chi connectivity index (χ1) is 17.3. The Morgan fingerprint density at radius 2 is 1.53 bits per heavy atom. The highest BCUT2D eigenvalue weighted by Crippen LogP contribution is 2.30. The van der Waals surface area contributed by atoms with Crippen LogP contribution in [0.25, 0.3) is 0 Å². The molecule has 2 amide bonds. The van der Waals surface area contributed by atoms with Gasteiger partial charge < -0.3 is 9.47 Å². The van der Waals surface area contributed by atoms with Crippen molar-refractivity contribution in [3.8, 4) is 5.75 Å². The van der Waals surface area contributed by atoms with E-state index in [0.717, 1.165) is 19.5 Å². The van der Waals surface area contributed by atoms with Gasteiger partial charge in [0.2, 0.25) is 5.91 Å². The van der Waals surface area contributed by atoms with Crippen LogP contribution < -0.4 is 9.64 Å². The summed E-state index contributed by atoms with van der Waals surface area (Å²) in [4.78, 5) is 54.0. The average molecular weight is 493 g/mol. The highest BCUT2D eigenvalue weighted by molar-refractivity contribution is 6.22. The van der Waals surface area contributed by atoms with Crippen molar-refractivity contribution < 1.29 is 28.7 Å². The van der Waals surface area contributed by atoms with Gasteiger partial charge in [-0.05, 0) is 73.7 Å². The molecule has 0 bridgehead atoms. The molecule has 3 atom stereocenters. The van der Waals surface area contributed by atoms with Crippen molar-refractivity contribution in [2.24, 2.45) is 11.8 Å². The SMILES string of the molecule is CCOc1ccc(C(=O)COC(=O)c2ccc(N3C(=O)CC(N4CC(C)CC(C)C4)C3=O)cc2)cc1. The smallest absolute Gasteiger partial charge is 0.338 e. The zero-order valence-corrected chi connectivity index (χ0v) is 20.9. The molecule has 2 aliphatic rings. The number of piperidine rings is 1.